The zero-order valence-corrected chi connectivity index (χ0v) is 11.6. The molecule has 104 valence electrons. The van der Waals surface area contributed by atoms with Crippen LogP contribution >= 0.6 is 0 Å². The normalized spacial score (nSPS) is 36.6. The first-order valence-corrected chi connectivity index (χ1v) is 7.25. The quantitative estimate of drug-likeness (QED) is 0.831. The second kappa shape index (κ2) is 6.02. The van der Waals surface area contributed by atoms with Gasteiger partial charge in [0.05, 0.1) is 6.10 Å². The van der Waals surface area contributed by atoms with Crippen LogP contribution in [0.4, 0.5) is 0 Å². The van der Waals surface area contributed by atoms with Crippen LogP contribution in [0.5, 0.6) is 0 Å². The van der Waals surface area contributed by atoms with Gasteiger partial charge < -0.3 is 15.4 Å². The average molecular weight is 254 g/mol. The molecule has 1 aliphatic carbocycles. The largest absolute Gasteiger partial charge is 0.364 e. The maximum Gasteiger partial charge on any atom is 0.251 e. The molecule has 0 aromatic rings. The Morgan fingerprint density at radius 3 is 2.61 bits per heavy atom. The summed E-state index contributed by atoms with van der Waals surface area (Å²) in [5.74, 6) is 0.768. The highest BCUT2D eigenvalue weighted by Gasteiger charge is 2.35. The van der Waals surface area contributed by atoms with Crippen LogP contribution in [0.1, 0.15) is 45.4 Å². The van der Waals surface area contributed by atoms with Gasteiger partial charge in [-0.1, -0.05) is 19.8 Å². The predicted octanol–water partition coefficient (Wildman–Crippen LogP) is 1.53. The standard InChI is InChI=1S/C14H26N2O2/c1-10-5-3-4-6-12(10)16(2)14(17)13-8-7-11(9-15)18-13/h10-13H,3-9,15H2,1-2H3. The Labute approximate surface area is 110 Å². The Kier molecular flexibility index (Phi) is 4.62. The molecule has 0 aromatic carbocycles. The minimum absolute atomic E-state index is 0.0797. The Morgan fingerprint density at radius 2 is 2.00 bits per heavy atom. The number of carbonyl (C=O) groups excluding carboxylic acids is 1. The maximum absolute atomic E-state index is 12.4. The van der Waals surface area contributed by atoms with Gasteiger partial charge in [0, 0.05) is 19.6 Å². The molecule has 2 aliphatic rings. The van der Waals surface area contributed by atoms with Gasteiger partial charge in [-0.3, -0.25) is 4.79 Å². The maximum atomic E-state index is 12.4. The smallest absolute Gasteiger partial charge is 0.251 e. The number of nitrogens with zero attached hydrogens (tertiary/aromatic N) is 1. The van der Waals surface area contributed by atoms with Crippen LogP contribution in [-0.4, -0.2) is 42.6 Å². The second-order valence-corrected chi connectivity index (χ2v) is 5.84. The summed E-state index contributed by atoms with van der Waals surface area (Å²) < 4.78 is 5.70. The van der Waals surface area contributed by atoms with Crippen LogP contribution in [0.2, 0.25) is 0 Å². The highest BCUT2D eigenvalue weighted by Crippen LogP contribution is 2.29. The molecular formula is C14H26N2O2. The minimum atomic E-state index is -0.252. The lowest BCUT2D eigenvalue weighted by atomic mass is 9.85. The fourth-order valence-corrected chi connectivity index (χ4v) is 3.32. The van der Waals surface area contributed by atoms with E-state index in [1.807, 2.05) is 11.9 Å². The lowest BCUT2D eigenvalue weighted by molar-refractivity contribution is -0.145. The summed E-state index contributed by atoms with van der Waals surface area (Å²) in [6, 6.07) is 0.395. The molecule has 2 fully saturated rings. The van der Waals surface area contributed by atoms with Gasteiger partial charge >= 0.3 is 0 Å². The molecule has 4 unspecified atom stereocenters. The summed E-state index contributed by atoms with van der Waals surface area (Å²) in [4.78, 5) is 14.3. The van der Waals surface area contributed by atoms with E-state index in [9.17, 15) is 4.79 Å². The highest BCUT2D eigenvalue weighted by molar-refractivity contribution is 5.81. The number of rotatable bonds is 3. The SMILES string of the molecule is CC1CCCCC1N(C)C(=O)C1CCC(CN)O1. The number of likely N-dealkylation sites (N-methyl/N-ethyl adjacent to an activating group) is 1. The summed E-state index contributed by atoms with van der Waals surface area (Å²) in [6.07, 6.45) is 6.48. The molecular weight excluding hydrogens is 228 g/mol. The van der Waals surface area contributed by atoms with Crippen molar-refractivity contribution in [2.45, 2.75) is 63.7 Å². The van der Waals surface area contributed by atoms with Crippen molar-refractivity contribution < 1.29 is 9.53 Å². The zero-order valence-electron chi connectivity index (χ0n) is 11.6. The van der Waals surface area contributed by atoms with Gasteiger partial charge in [0.1, 0.15) is 6.10 Å². The molecule has 18 heavy (non-hydrogen) atoms. The number of carbonyl (C=O) groups is 1. The Balaban J connectivity index is 1.92. The number of nitrogens with two attached hydrogens (primary N) is 1. The number of hydrogen-bond acceptors (Lipinski definition) is 3. The average Bonchev–Trinajstić information content (AvgIpc) is 2.86. The first-order chi connectivity index (χ1) is 8.63. The molecule has 0 spiro atoms. The third kappa shape index (κ3) is 2.86. The monoisotopic (exact) mass is 254 g/mol. The Morgan fingerprint density at radius 1 is 1.28 bits per heavy atom. The van der Waals surface area contributed by atoms with E-state index in [-0.39, 0.29) is 18.1 Å². The molecule has 2 N–H and O–H groups in total. The fourth-order valence-electron chi connectivity index (χ4n) is 3.32. The van der Waals surface area contributed by atoms with E-state index >= 15 is 0 Å². The Bertz CT molecular complexity index is 296. The zero-order chi connectivity index (χ0) is 13.1. The van der Waals surface area contributed by atoms with Gasteiger partial charge in [-0.2, -0.15) is 0 Å². The first-order valence-electron chi connectivity index (χ1n) is 7.25. The first kappa shape index (κ1) is 13.8. The summed E-state index contributed by atoms with van der Waals surface area (Å²) in [5.41, 5.74) is 5.59. The number of hydrogen-bond donors (Lipinski definition) is 1. The third-order valence-electron chi connectivity index (χ3n) is 4.56. The van der Waals surface area contributed by atoms with Crippen molar-refractivity contribution in [2.75, 3.05) is 13.6 Å². The van der Waals surface area contributed by atoms with E-state index in [1.165, 1.54) is 19.3 Å². The van der Waals surface area contributed by atoms with Gasteiger partial charge in [0.2, 0.25) is 0 Å². The van der Waals surface area contributed by atoms with E-state index < -0.39 is 0 Å². The van der Waals surface area contributed by atoms with Crippen LogP contribution in [0.25, 0.3) is 0 Å². The summed E-state index contributed by atoms with van der Waals surface area (Å²) in [7, 11) is 1.94. The fraction of sp³-hybridized carbons (Fsp3) is 0.929. The topological polar surface area (TPSA) is 55.6 Å². The summed E-state index contributed by atoms with van der Waals surface area (Å²) in [6.45, 7) is 2.78. The molecule has 1 aliphatic heterocycles. The van der Waals surface area contributed by atoms with Crippen molar-refractivity contribution >= 4 is 5.91 Å². The van der Waals surface area contributed by atoms with E-state index in [0.717, 1.165) is 19.3 Å². The molecule has 1 saturated carbocycles. The highest BCUT2D eigenvalue weighted by atomic mass is 16.5. The lowest BCUT2D eigenvalue weighted by Gasteiger charge is -2.37. The number of ether oxygens (including phenoxy) is 1. The molecule has 4 heteroatoms. The summed E-state index contributed by atoms with van der Waals surface area (Å²) >= 11 is 0. The van der Waals surface area contributed by atoms with Crippen molar-refractivity contribution in [1.82, 2.24) is 4.90 Å². The van der Waals surface area contributed by atoms with E-state index in [1.54, 1.807) is 0 Å². The molecule has 0 radical (unpaired) electrons. The molecule has 1 saturated heterocycles. The lowest BCUT2D eigenvalue weighted by Crippen LogP contribution is -2.47. The van der Waals surface area contributed by atoms with Crippen molar-refractivity contribution in [3.8, 4) is 0 Å². The van der Waals surface area contributed by atoms with Crippen LogP contribution < -0.4 is 5.73 Å². The van der Waals surface area contributed by atoms with Crippen molar-refractivity contribution in [1.29, 1.82) is 0 Å². The van der Waals surface area contributed by atoms with Crippen LogP contribution in [0.15, 0.2) is 0 Å². The molecule has 2 rings (SSSR count). The van der Waals surface area contributed by atoms with Gasteiger partial charge in [-0.25, -0.2) is 0 Å². The second-order valence-electron chi connectivity index (χ2n) is 5.84. The van der Waals surface area contributed by atoms with E-state index in [4.69, 9.17) is 10.5 Å². The molecule has 1 heterocycles. The van der Waals surface area contributed by atoms with Crippen molar-refractivity contribution in [2.24, 2.45) is 11.7 Å². The molecule has 4 atom stereocenters. The van der Waals surface area contributed by atoms with Crippen LogP contribution in [0, 0.1) is 5.92 Å². The molecule has 1 amide bonds. The van der Waals surface area contributed by atoms with Crippen LogP contribution in [-0.2, 0) is 9.53 Å². The Hall–Kier alpha value is -0.610. The minimum Gasteiger partial charge on any atom is -0.364 e. The molecule has 0 bridgehead atoms. The van der Waals surface area contributed by atoms with Gasteiger partial charge in [0.25, 0.3) is 5.91 Å². The van der Waals surface area contributed by atoms with Crippen LogP contribution in [0.3, 0.4) is 0 Å². The van der Waals surface area contributed by atoms with E-state index in [2.05, 4.69) is 6.92 Å². The van der Waals surface area contributed by atoms with Gasteiger partial charge in [-0.15, -0.1) is 0 Å². The van der Waals surface area contributed by atoms with Gasteiger partial charge in [0.15, 0.2) is 0 Å². The van der Waals surface area contributed by atoms with Crippen molar-refractivity contribution in [3.05, 3.63) is 0 Å². The molecule has 0 aromatic heterocycles. The van der Waals surface area contributed by atoms with Gasteiger partial charge in [-0.05, 0) is 31.6 Å². The van der Waals surface area contributed by atoms with Crippen molar-refractivity contribution in [3.63, 3.8) is 0 Å². The van der Waals surface area contributed by atoms with E-state index in [0.29, 0.717) is 18.5 Å². The molecule has 4 nitrogen and oxygen atoms in total. The summed E-state index contributed by atoms with van der Waals surface area (Å²) in [5, 5.41) is 0. The predicted molar refractivity (Wildman–Crippen MR) is 71.1 cm³/mol. The number of amides is 1. The third-order valence-corrected chi connectivity index (χ3v) is 4.56.